The summed E-state index contributed by atoms with van der Waals surface area (Å²) in [7, 11) is 0. The third kappa shape index (κ3) is 4.42. The number of thiophene rings is 1. The molecule has 1 aliphatic carbocycles. The van der Waals surface area contributed by atoms with Crippen LogP contribution in [-0.2, 0) is 22.4 Å². The minimum atomic E-state index is -0.394. The first-order chi connectivity index (χ1) is 13.4. The van der Waals surface area contributed by atoms with Gasteiger partial charge in [-0.2, -0.15) is 0 Å². The van der Waals surface area contributed by atoms with Crippen molar-refractivity contribution >= 4 is 39.8 Å². The van der Waals surface area contributed by atoms with Crippen LogP contribution in [0.25, 0.3) is 0 Å². The Morgan fingerprint density at radius 1 is 1.18 bits per heavy atom. The van der Waals surface area contributed by atoms with Crippen molar-refractivity contribution in [3.63, 3.8) is 0 Å². The van der Waals surface area contributed by atoms with Crippen LogP contribution >= 0.6 is 11.3 Å². The quantitative estimate of drug-likeness (QED) is 0.735. The Labute approximate surface area is 168 Å². The molecule has 0 bridgehead atoms. The Bertz CT molecular complexity index is 902. The molecule has 0 unspecified atom stereocenters. The molecule has 0 saturated heterocycles. The molecule has 1 aliphatic rings. The van der Waals surface area contributed by atoms with Gasteiger partial charge in [-0.05, 0) is 61.9 Å². The van der Waals surface area contributed by atoms with Crippen LogP contribution in [-0.4, -0.2) is 24.4 Å². The van der Waals surface area contributed by atoms with Crippen molar-refractivity contribution in [2.45, 2.75) is 40.0 Å². The van der Waals surface area contributed by atoms with Crippen molar-refractivity contribution < 1.29 is 19.1 Å². The van der Waals surface area contributed by atoms with Crippen molar-refractivity contribution in [3.8, 4) is 0 Å². The SMILES string of the molecule is CCOC(=O)c1ccc(NC(=O)c2c(NC(C)=O)sc3c2CC[C@@H](C)C3)cc1. The van der Waals surface area contributed by atoms with E-state index in [1.54, 1.807) is 31.2 Å². The summed E-state index contributed by atoms with van der Waals surface area (Å²) in [6.07, 6.45) is 2.78. The Kier molecular flexibility index (Phi) is 6.14. The van der Waals surface area contributed by atoms with Crippen molar-refractivity contribution in [2.24, 2.45) is 5.92 Å². The number of amides is 2. The Morgan fingerprint density at radius 2 is 1.89 bits per heavy atom. The highest BCUT2D eigenvalue weighted by atomic mass is 32.1. The molecule has 0 spiro atoms. The number of esters is 1. The van der Waals surface area contributed by atoms with E-state index in [0.29, 0.717) is 34.3 Å². The van der Waals surface area contributed by atoms with Crippen LogP contribution in [0.3, 0.4) is 0 Å². The second-order valence-corrected chi connectivity index (χ2v) is 8.09. The molecule has 0 radical (unpaired) electrons. The van der Waals surface area contributed by atoms with E-state index in [1.807, 2.05) is 0 Å². The molecule has 1 atom stereocenters. The van der Waals surface area contributed by atoms with Gasteiger partial charge in [0.2, 0.25) is 5.91 Å². The zero-order valence-electron chi connectivity index (χ0n) is 16.3. The van der Waals surface area contributed by atoms with E-state index in [-0.39, 0.29) is 11.8 Å². The van der Waals surface area contributed by atoms with E-state index in [2.05, 4.69) is 17.6 Å². The summed E-state index contributed by atoms with van der Waals surface area (Å²) in [5.41, 5.74) is 2.60. The average molecular weight is 401 g/mol. The first kappa shape index (κ1) is 20.1. The van der Waals surface area contributed by atoms with Gasteiger partial charge in [-0.3, -0.25) is 9.59 Å². The van der Waals surface area contributed by atoms with Crippen LogP contribution in [0.4, 0.5) is 10.7 Å². The number of ether oxygens (including phenoxy) is 1. The number of hydrogen-bond donors (Lipinski definition) is 2. The monoisotopic (exact) mass is 400 g/mol. The molecule has 1 aromatic carbocycles. The van der Waals surface area contributed by atoms with E-state index >= 15 is 0 Å². The molecule has 1 aromatic heterocycles. The third-order valence-electron chi connectivity index (χ3n) is 4.68. The van der Waals surface area contributed by atoms with Gasteiger partial charge in [-0.1, -0.05) is 6.92 Å². The first-order valence-corrected chi connectivity index (χ1v) is 10.2. The van der Waals surface area contributed by atoms with Gasteiger partial charge in [0.1, 0.15) is 5.00 Å². The van der Waals surface area contributed by atoms with Crippen molar-refractivity contribution in [1.82, 2.24) is 0 Å². The van der Waals surface area contributed by atoms with Crippen molar-refractivity contribution in [2.75, 3.05) is 17.2 Å². The summed E-state index contributed by atoms with van der Waals surface area (Å²) >= 11 is 1.49. The van der Waals surface area contributed by atoms with Gasteiger partial charge in [0, 0.05) is 17.5 Å². The fourth-order valence-corrected chi connectivity index (χ4v) is 4.79. The molecule has 0 aliphatic heterocycles. The smallest absolute Gasteiger partial charge is 0.338 e. The molecular weight excluding hydrogens is 376 g/mol. The molecule has 2 N–H and O–H groups in total. The van der Waals surface area contributed by atoms with Gasteiger partial charge in [0.25, 0.3) is 5.91 Å². The molecule has 6 nitrogen and oxygen atoms in total. The van der Waals surface area contributed by atoms with Crippen LogP contribution in [0.15, 0.2) is 24.3 Å². The summed E-state index contributed by atoms with van der Waals surface area (Å²) in [5.74, 6) is -0.267. The van der Waals surface area contributed by atoms with Crippen LogP contribution in [0.2, 0.25) is 0 Å². The summed E-state index contributed by atoms with van der Waals surface area (Å²) in [6, 6.07) is 6.58. The Balaban J connectivity index is 1.84. The number of benzene rings is 1. The van der Waals surface area contributed by atoms with Crippen LogP contribution < -0.4 is 10.6 Å². The van der Waals surface area contributed by atoms with Gasteiger partial charge < -0.3 is 15.4 Å². The molecule has 148 valence electrons. The Morgan fingerprint density at radius 3 is 2.54 bits per heavy atom. The molecule has 28 heavy (non-hydrogen) atoms. The van der Waals surface area contributed by atoms with E-state index in [9.17, 15) is 14.4 Å². The average Bonchev–Trinajstić information content (AvgIpc) is 2.98. The molecule has 2 amide bonds. The minimum absolute atomic E-state index is 0.195. The highest BCUT2D eigenvalue weighted by molar-refractivity contribution is 7.17. The number of carbonyl (C=O) groups excluding carboxylic acids is 3. The number of hydrogen-bond acceptors (Lipinski definition) is 5. The summed E-state index contributed by atoms with van der Waals surface area (Å²) in [4.78, 5) is 37.5. The topological polar surface area (TPSA) is 84.5 Å². The van der Waals surface area contributed by atoms with E-state index in [0.717, 1.165) is 24.8 Å². The maximum atomic E-state index is 13.0. The lowest BCUT2D eigenvalue weighted by molar-refractivity contribution is -0.114. The lowest BCUT2D eigenvalue weighted by Crippen LogP contribution is -2.18. The first-order valence-electron chi connectivity index (χ1n) is 9.39. The lowest BCUT2D eigenvalue weighted by Gasteiger charge is -2.18. The number of rotatable bonds is 5. The van der Waals surface area contributed by atoms with Gasteiger partial charge in [0.05, 0.1) is 17.7 Å². The summed E-state index contributed by atoms with van der Waals surface area (Å²) in [5, 5.41) is 6.29. The molecule has 3 rings (SSSR count). The number of nitrogens with one attached hydrogen (secondary N) is 2. The highest BCUT2D eigenvalue weighted by Crippen LogP contribution is 2.40. The zero-order chi connectivity index (χ0) is 20.3. The van der Waals surface area contributed by atoms with Gasteiger partial charge in [-0.25, -0.2) is 4.79 Å². The van der Waals surface area contributed by atoms with Gasteiger partial charge >= 0.3 is 5.97 Å². The standard InChI is InChI=1S/C21H24N2O4S/c1-4-27-21(26)14-6-8-15(9-7-14)23-19(25)18-16-10-5-12(2)11-17(16)28-20(18)22-13(3)24/h6-9,12H,4-5,10-11H2,1-3H3,(H,22,24)(H,23,25)/t12-/m1/s1. The zero-order valence-corrected chi connectivity index (χ0v) is 17.1. The van der Waals surface area contributed by atoms with Crippen LogP contribution in [0.5, 0.6) is 0 Å². The fourth-order valence-electron chi connectivity index (χ4n) is 3.34. The van der Waals surface area contributed by atoms with Crippen LogP contribution in [0, 0.1) is 5.92 Å². The maximum absolute atomic E-state index is 13.0. The van der Waals surface area contributed by atoms with Crippen LogP contribution in [0.1, 0.15) is 58.3 Å². The molecule has 0 fully saturated rings. The second kappa shape index (κ2) is 8.56. The number of anilines is 2. The Hall–Kier alpha value is -2.67. The van der Waals surface area contributed by atoms with Crippen molar-refractivity contribution in [1.29, 1.82) is 0 Å². The largest absolute Gasteiger partial charge is 0.462 e. The highest BCUT2D eigenvalue weighted by Gasteiger charge is 2.28. The predicted molar refractivity (Wildman–Crippen MR) is 110 cm³/mol. The predicted octanol–water partition coefficient (Wildman–Crippen LogP) is 4.26. The molecule has 2 aromatic rings. The van der Waals surface area contributed by atoms with Gasteiger partial charge in [0.15, 0.2) is 0 Å². The fraction of sp³-hybridized carbons (Fsp3) is 0.381. The van der Waals surface area contributed by atoms with E-state index in [1.165, 1.54) is 23.1 Å². The second-order valence-electron chi connectivity index (χ2n) is 6.99. The number of fused-ring (bicyclic) bond motifs is 1. The normalized spacial score (nSPS) is 15.5. The molecule has 0 saturated carbocycles. The van der Waals surface area contributed by atoms with E-state index < -0.39 is 5.97 Å². The summed E-state index contributed by atoms with van der Waals surface area (Å²) in [6.45, 7) is 5.70. The minimum Gasteiger partial charge on any atom is -0.462 e. The summed E-state index contributed by atoms with van der Waals surface area (Å²) < 4.78 is 4.97. The molecular formula is C21H24N2O4S. The molecule has 7 heteroatoms. The van der Waals surface area contributed by atoms with Crippen molar-refractivity contribution in [3.05, 3.63) is 45.8 Å². The van der Waals surface area contributed by atoms with Gasteiger partial charge in [-0.15, -0.1) is 11.3 Å². The lowest BCUT2D eigenvalue weighted by atomic mass is 9.88. The molecule has 1 heterocycles. The van der Waals surface area contributed by atoms with E-state index in [4.69, 9.17) is 4.74 Å². The number of carbonyl (C=O) groups is 3. The third-order valence-corrected chi connectivity index (χ3v) is 5.85. The maximum Gasteiger partial charge on any atom is 0.338 e.